The fourth-order valence-corrected chi connectivity index (χ4v) is 2.22. The molecule has 1 aromatic carbocycles. The quantitative estimate of drug-likeness (QED) is 0.659. The SMILES string of the molecule is O=C=NC1(c2ccc(Br)cc2)CC(O)C1. The molecule has 1 N–H and O–H groups in total. The van der Waals surface area contributed by atoms with Crippen molar-refractivity contribution in [3.05, 3.63) is 34.3 Å². The highest BCUT2D eigenvalue weighted by Crippen LogP contribution is 2.44. The lowest BCUT2D eigenvalue weighted by molar-refractivity contribution is 0.0223. The highest BCUT2D eigenvalue weighted by Gasteiger charge is 2.45. The van der Waals surface area contributed by atoms with Gasteiger partial charge in [0.25, 0.3) is 0 Å². The van der Waals surface area contributed by atoms with Crippen molar-refractivity contribution in [2.24, 2.45) is 4.99 Å². The van der Waals surface area contributed by atoms with Crippen LogP contribution in [0.25, 0.3) is 0 Å². The van der Waals surface area contributed by atoms with Crippen molar-refractivity contribution < 1.29 is 9.90 Å². The van der Waals surface area contributed by atoms with Crippen LogP contribution in [0, 0.1) is 0 Å². The van der Waals surface area contributed by atoms with E-state index in [1.807, 2.05) is 24.3 Å². The van der Waals surface area contributed by atoms with E-state index in [-0.39, 0.29) is 6.10 Å². The summed E-state index contributed by atoms with van der Waals surface area (Å²) in [6, 6.07) is 7.64. The van der Waals surface area contributed by atoms with E-state index in [9.17, 15) is 9.90 Å². The maximum Gasteiger partial charge on any atom is 0.235 e. The smallest absolute Gasteiger partial charge is 0.235 e. The minimum Gasteiger partial charge on any atom is -0.393 e. The molecule has 1 fully saturated rings. The number of nitrogens with zero attached hydrogens (tertiary/aromatic N) is 1. The molecule has 2 rings (SSSR count). The van der Waals surface area contributed by atoms with Crippen LogP contribution in [0.5, 0.6) is 0 Å². The second-order valence-corrected chi connectivity index (χ2v) is 4.72. The zero-order valence-electron chi connectivity index (χ0n) is 7.98. The first kappa shape index (κ1) is 10.6. The molecule has 0 aromatic heterocycles. The number of aliphatic hydroxyl groups is 1. The van der Waals surface area contributed by atoms with E-state index < -0.39 is 5.54 Å². The van der Waals surface area contributed by atoms with Crippen molar-refractivity contribution in [2.75, 3.05) is 0 Å². The Kier molecular flexibility index (Phi) is 2.74. The van der Waals surface area contributed by atoms with E-state index in [4.69, 9.17) is 0 Å². The van der Waals surface area contributed by atoms with Gasteiger partial charge in [0, 0.05) is 17.3 Å². The van der Waals surface area contributed by atoms with E-state index in [0.29, 0.717) is 12.8 Å². The molecule has 1 aliphatic rings. The number of carbonyl (C=O) groups excluding carboxylic acids is 1. The first-order valence-electron chi connectivity index (χ1n) is 4.69. The maximum absolute atomic E-state index is 10.4. The topological polar surface area (TPSA) is 49.7 Å². The summed E-state index contributed by atoms with van der Waals surface area (Å²) >= 11 is 3.35. The Bertz CT molecular complexity index is 403. The third-order valence-corrected chi connectivity index (χ3v) is 3.32. The molecule has 0 unspecified atom stereocenters. The van der Waals surface area contributed by atoms with Gasteiger partial charge in [-0.1, -0.05) is 28.1 Å². The molecule has 0 atom stereocenters. The number of benzene rings is 1. The Balaban J connectivity index is 2.34. The summed E-state index contributed by atoms with van der Waals surface area (Å²) in [5.41, 5.74) is 0.418. The van der Waals surface area contributed by atoms with Gasteiger partial charge in [0.05, 0.1) is 6.10 Å². The van der Waals surface area contributed by atoms with Gasteiger partial charge in [0.2, 0.25) is 6.08 Å². The lowest BCUT2D eigenvalue weighted by Crippen LogP contribution is -2.43. The second-order valence-electron chi connectivity index (χ2n) is 3.80. The fourth-order valence-electron chi connectivity index (χ4n) is 1.96. The molecule has 0 bridgehead atoms. The molecule has 1 aromatic rings. The third kappa shape index (κ3) is 1.88. The van der Waals surface area contributed by atoms with Gasteiger partial charge in [-0.2, -0.15) is 4.99 Å². The molecule has 0 amide bonds. The fraction of sp³-hybridized carbons (Fsp3) is 0.364. The average Bonchev–Trinajstić information content (AvgIpc) is 2.16. The predicted octanol–water partition coefficient (Wildman–Crippen LogP) is 2.13. The van der Waals surface area contributed by atoms with E-state index in [0.717, 1.165) is 10.0 Å². The number of aliphatic hydroxyl groups excluding tert-OH is 1. The Morgan fingerprint density at radius 3 is 2.47 bits per heavy atom. The third-order valence-electron chi connectivity index (χ3n) is 2.79. The summed E-state index contributed by atoms with van der Waals surface area (Å²) < 4.78 is 0.983. The van der Waals surface area contributed by atoms with Crippen LogP contribution in [0.1, 0.15) is 18.4 Å². The van der Waals surface area contributed by atoms with E-state index in [1.165, 1.54) is 0 Å². The van der Waals surface area contributed by atoms with Crippen molar-refractivity contribution in [1.82, 2.24) is 0 Å². The minimum absolute atomic E-state index is 0.356. The van der Waals surface area contributed by atoms with Gasteiger partial charge >= 0.3 is 0 Å². The summed E-state index contributed by atoms with van der Waals surface area (Å²) in [4.78, 5) is 14.2. The molecule has 3 nitrogen and oxygen atoms in total. The zero-order valence-corrected chi connectivity index (χ0v) is 9.57. The van der Waals surface area contributed by atoms with Gasteiger partial charge < -0.3 is 5.11 Å². The molecule has 0 spiro atoms. The maximum atomic E-state index is 10.4. The largest absolute Gasteiger partial charge is 0.393 e. The zero-order chi connectivity index (χ0) is 10.9. The lowest BCUT2D eigenvalue weighted by atomic mass is 9.70. The molecule has 0 radical (unpaired) electrons. The van der Waals surface area contributed by atoms with Crippen molar-refractivity contribution in [3.63, 3.8) is 0 Å². The Morgan fingerprint density at radius 1 is 1.40 bits per heavy atom. The summed E-state index contributed by atoms with van der Waals surface area (Å²) in [6.45, 7) is 0. The standard InChI is InChI=1S/C11H10BrNO2/c12-9-3-1-8(2-4-9)11(13-7-14)5-10(15)6-11/h1-4,10,15H,5-6H2. The summed E-state index contributed by atoms with van der Waals surface area (Å²) in [7, 11) is 0. The molecule has 15 heavy (non-hydrogen) atoms. The number of hydrogen-bond donors (Lipinski definition) is 1. The van der Waals surface area contributed by atoms with Crippen molar-refractivity contribution in [1.29, 1.82) is 0 Å². The second kappa shape index (κ2) is 3.89. The van der Waals surface area contributed by atoms with Gasteiger partial charge in [0.15, 0.2) is 0 Å². The molecule has 78 valence electrons. The molecule has 1 aliphatic carbocycles. The van der Waals surface area contributed by atoms with Crippen LogP contribution in [0.3, 0.4) is 0 Å². The van der Waals surface area contributed by atoms with Crippen LogP contribution in [-0.4, -0.2) is 17.3 Å². The van der Waals surface area contributed by atoms with Gasteiger partial charge in [-0.3, -0.25) is 0 Å². The number of rotatable bonds is 2. The number of hydrogen-bond acceptors (Lipinski definition) is 3. The monoisotopic (exact) mass is 267 g/mol. The van der Waals surface area contributed by atoms with Crippen LogP contribution in [0.2, 0.25) is 0 Å². The lowest BCUT2D eigenvalue weighted by Gasteiger charge is -2.41. The average molecular weight is 268 g/mol. The Labute approximate surface area is 96.0 Å². The van der Waals surface area contributed by atoms with E-state index in [2.05, 4.69) is 20.9 Å². The number of aliphatic imine (C=N–C) groups is 1. The summed E-state index contributed by atoms with van der Waals surface area (Å²) in [6.07, 6.45) is 2.25. The molecular formula is C11H10BrNO2. The first-order valence-corrected chi connectivity index (χ1v) is 5.49. The highest BCUT2D eigenvalue weighted by atomic mass is 79.9. The Hall–Kier alpha value is -0.960. The van der Waals surface area contributed by atoms with Crippen LogP contribution in [0.4, 0.5) is 0 Å². The van der Waals surface area contributed by atoms with E-state index in [1.54, 1.807) is 6.08 Å². The van der Waals surface area contributed by atoms with Crippen LogP contribution >= 0.6 is 15.9 Å². The summed E-state index contributed by atoms with van der Waals surface area (Å²) in [5.74, 6) is 0. The summed E-state index contributed by atoms with van der Waals surface area (Å²) in [5, 5.41) is 9.33. The van der Waals surface area contributed by atoms with Crippen LogP contribution in [-0.2, 0) is 10.3 Å². The van der Waals surface area contributed by atoms with Gasteiger partial charge in [0.1, 0.15) is 5.54 Å². The molecule has 0 aliphatic heterocycles. The Morgan fingerprint density at radius 2 is 2.00 bits per heavy atom. The number of halogens is 1. The van der Waals surface area contributed by atoms with Gasteiger partial charge in [-0.05, 0) is 17.7 Å². The minimum atomic E-state index is -0.540. The van der Waals surface area contributed by atoms with Crippen molar-refractivity contribution >= 4 is 22.0 Å². The van der Waals surface area contributed by atoms with Crippen LogP contribution < -0.4 is 0 Å². The van der Waals surface area contributed by atoms with Crippen molar-refractivity contribution in [3.8, 4) is 0 Å². The molecule has 4 heteroatoms. The van der Waals surface area contributed by atoms with Crippen molar-refractivity contribution in [2.45, 2.75) is 24.5 Å². The first-order chi connectivity index (χ1) is 7.16. The molecule has 0 heterocycles. The van der Waals surface area contributed by atoms with Gasteiger partial charge in [-0.15, -0.1) is 0 Å². The van der Waals surface area contributed by atoms with Gasteiger partial charge in [-0.25, -0.2) is 4.79 Å². The molecule has 0 saturated heterocycles. The molecule has 1 saturated carbocycles. The number of isocyanates is 1. The highest BCUT2D eigenvalue weighted by molar-refractivity contribution is 9.10. The van der Waals surface area contributed by atoms with Crippen LogP contribution in [0.15, 0.2) is 33.7 Å². The molecular weight excluding hydrogens is 258 g/mol. The predicted molar refractivity (Wildman–Crippen MR) is 59.2 cm³/mol. The normalized spacial score (nSPS) is 29.1. The van der Waals surface area contributed by atoms with E-state index >= 15 is 0 Å².